The minimum atomic E-state index is -0.917. The number of rotatable bonds is 2. The van der Waals surface area contributed by atoms with Crippen LogP contribution in [0.1, 0.15) is 26.4 Å². The monoisotopic (exact) mass is 247 g/mol. The van der Waals surface area contributed by atoms with Crippen LogP contribution in [0.5, 0.6) is 0 Å². The van der Waals surface area contributed by atoms with Gasteiger partial charge in [0.2, 0.25) is 0 Å². The van der Waals surface area contributed by atoms with Gasteiger partial charge >= 0.3 is 5.97 Å². The summed E-state index contributed by atoms with van der Waals surface area (Å²) in [6.07, 6.45) is 0. The number of benzene rings is 1. The van der Waals surface area contributed by atoms with Gasteiger partial charge in [0, 0.05) is 5.56 Å². The zero-order valence-electron chi connectivity index (χ0n) is 9.94. The van der Waals surface area contributed by atoms with Gasteiger partial charge in [0.25, 0.3) is 0 Å². The Balaban J connectivity index is 2.64. The molecule has 1 N–H and O–H groups in total. The second-order valence-electron chi connectivity index (χ2n) is 4.09. The van der Waals surface area contributed by atoms with Crippen LogP contribution in [0.4, 0.5) is 0 Å². The number of nitrogens with zero attached hydrogens (tertiary/aromatic N) is 1. The highest BCUT2D eigenvalue weighted by Gasteiger charge is 2.17. The van der Waals surface area contributed by atoms with Crippen molar-refractivity contribution in [2.24, 2.45) is 0 Å². The maximum absolute atomic E-state index is 11.1. The van der Waals surface area contributed by atoms with Gasteiger partial charge in [-0.25, -0.2) is 9.78 Å². The molecule has 2 rings (SSSR count). The van der Waals surface area contributed by atoms with Crippen LogP contribution in [0.25, 0.3) is 11.3 Å². The number of hydrogen-bond acceptors (Lipinski definition) is 3. The van der Waals surface area contributed by atoms with Crippen molar-refractivity contribution in [1.82, 2.24) is 4.98 Å². The second kappa shape index (κ2) is 4.30. The lowest BCUT2D eigenvalue weighted by molar-refractivity contribution is 0.0702. The van der Waals surface area contributed by atoms with Crippen LogP contribution in [-0.2, 0) is 0 Å². The molecule has 0 aliphatic heterocycles. The molecule has 0 unspecified atom stereocenters. The summed E-state index contributed by atoms with van der Waals surface area (Å²) in [7, 11) is 0. The van der Waals surface area contributed by atoms with Gasteiger partial charge in [0.05, 0.1) is 11.2 Å². The molecule has 0 saturated carbocycles. The third-order valence-corrected chi connectivity index (χ3v) is 3.67. The van der Waals surface area contributed by atoms with Gasteiger partial charge in [-0.3, -0.25) is 0 Å². The zero-order valence-corrected chi connectivity index (χ0v) is 10.8. The number of carbonyl (C=O) groups is 1. The van der Waals surface area contributed by atoms with Gasteiger partial charge in [-0.1, -0.05) is 6.07 Å². The molecule has 88 valence electrons. The van der Waals surface area contributed by atoms with E-state index in [0.29, 0.717) is 10.6 Å². The summed E-state index contributed by atoms with van der Waals surface area (Å²) in [6, 6.07) is 4.07. The molecular formula is C13H13NO2S. The van der Waals surface area contributed by atoms with Crippen LogP contribution in [0.3, 0.4) is 0 Å². The Hall–Kier alpha value is -1.68. The molecule has 1 aromatic carbocycles. The number of aryl methyl sites for hydroxylation is 3. The molecule has 0 atom stereocenters. The molecule has 0 aliphatic rings. The Morgan fingerprint density at radius 3 is 2.47 bits per heavy atom. The number of aromatic carboxylic acids is 1. The first-order chi connectivity index (χ1) is 8.00. The number of carboxylic acids is 1. The van der Waals surface area contributed by atoms with E-state index < -0.39 is 5.97 Å². The molecule has 0 aliphatic carbocycles. The molecule has 0 bridgehead atoms. The number of thiazole rings is 1. The summed E-state index contributed by atoms with van der Waals surface area (Å²) in [6.45, 7) is 6.04. The summed E-state index contributed by atoms with van der Waals surface area (Å²) in [4.78, 5) is 15.6. The SMILES string of the molecule is Cc1cc(C)c(-c2ncsc2C(=O)O)cc1C. The highest BCUT2D eigenvalue weighted by molar-refractivity contribution is 7.12. The Bertz CT molecular complexity index is 587. The zero-order chi connectivity index (χ0) is 12.6. The normalized spacial score (nSPS) is 10.5. The van der Waals surface area contributed by atoms with Crippen molar-refractivity contribution in [2.45, 2.75) is 20.8 Å². The lowest BCUT2D eigenvalue weighted by atomic mass is 9.98. The molecule has 0 amide bonds. The third-order valence-electron chi connectivity index (χ3n) is 2.86. The number of aromatic nitrogens is 1. The molecule has 3 nitrogen and oxygen atoms in total. The van der Waals surface area contributed by atoms with Crippen molar-refractivity contribution in [2.75, 3.05) is 0 Å². The predicted octanol–water partition coefficient (Wildman–Crippen LogP) is 3.43. The van der Waals surface area contributed by atoms with Crippen molar-refractivity contribution in [3.8, 4) is 11.3 Å². The third kappa shape index (κ3) is 2.08. The summed E-state index contributed by atoms with van der Waals surface area (Å²) < 4.78 is 0. The first kappa shape index (κ1) is 11.8. The first-order valence-corrected chi connectivity index (χ1v) is 6.13. The Morgan fingerprint density at radius 1 is 1.18 bits per heavy atom. The second-order valence-corrected chi connectivity index (χ2v) is 4.94. The van der Waals surface area contributed by atoms with E-state index in [1.807, 2.05) is 26.8 Å². The minimum absolute atomic E-state index is 0.302. The maximum Gasteiger partial charge on any atom is 0.348 e. The quantitative estimate of drug-likeness (QED) is 0.884. The fraction of sp³-hybridized carbons (Fsp3) is 0.231. The summed E-state index contributed by atoms with van der Waals surface area (Å²) >= 11 is 1.16. The number of carboxylic acid groups (broad SMARTS) is 1. The molecule has 0 saturated heterocycles. The van der Waals surface area contributed by atoms with Crippen molar-refractivity contribution < 1.29 is 9.90 Å². The van der Waals surface area contributed by atoms with Gasteiger partial charge in [-0.15, -0.1) is 11.3 Å². The van der Waals surface area contributed by atoms with E-state index in [0.717, 1.165) is 28.0 Å². The highest BCUT2D eigenvalue weighted by atomic mass is 32.1. The molecule has 0 fully saturated rings. The standard InChI is InChI=1S/C13H13NO2S/c1-7-4-9(3)10(5-8(7)2)11-12(13(15)16)17-6-14-11/h4-6H,1-3H3,(H,15,16). The van der Waals surface area contributed by atoms with E-state index in [2.05, 4.69) is 11.1 Å². The largest absolute Gasteiger partial charge is 0.477 e. The summed E-state index contributed by atoms with van der Waals surface area (Å²) in [5.41, 5.74) is 6.47. The average Bonchev–Trinajstić information content (AvgIpc) is 2.72. The minimum Gasteiger partial charge on any atom is -0.477 e. The Kier molecular flexibility index (Phi) is 2.98. The van der Waals surface area contributed by atoms with Gasteiger partial charge in [0.1, 0.15) is 4.88 Å². The van der Waals surface area contributed by atoms with Crippen LogP contribution in [0.2, 0.25) is 0 Å². The van der Waals surface area contributed by atoms with E-state index in [1.165, 1.54) is 5.56 Å². The molecule has 1 heterocycles. The van der Waals surface area contributed by atoms with Crippen LogP contribution in [0, 0.1) is 20.8 Å². The van der Waals surface area contributed by atoms with Crippen LogP contribution >= 0.6 is 11.3 Å². The molecule has 4 heteroatoms. The van der Waals surface area contributed by atoms with Crippen molar-refractivity contribution in [3.05, 3.63) is 39.2 Å². The van der Waals surface area contributed by atoms with Gasteiger partial charge in [0.15, 0.2) is 0 Å². The van der Waals surface area contributed by atoms with E-state index in [-0.39, 0.29) is 0 Å². The summed E-state index contributed by atoms with van der Waals surface area (Å²) in [5, 5.41) is 9.10. The maximum atomic E-state index is 11.1. The molecule has 0 radical (unpaired) electrons. The molecule has 1 aromatic heterocycles. The van der Waals surface area contributed by atoms with Crippen LogP contribution < -0.4 is 0 Å². The molecular weight excluding hydrogens is 234 g/mol. The fourth-order valence-electron chi connectivity index (χ4n) is 1.81. The van der Waals surface area contributed by atoms with E-state index in [4.69, 9.17) is 5.11 Å². The molecule has 0 spiro atoms. The smallest absolute Gasteiger partial charge is 0.348 e. The van der Waals surface area contributed by atoms with Gasteiger partial charge < -0.3 is 5.11 Å². The number of hydrogen-bond donors (Lipinski definition) is 1. The fourth-order valence-corrected chi connectivity index (χ4v) is 2.44. The summed E-state index contributed by atoms with van der Waals surface area (Å²) in [5.74, 6) is -0.917. The van der Waals surface area contributed by atoms with Crippen molar-refractivity contribution >= 4 is 17.3 Å². The van der Waals surface area contributed by atoms with E-state index in [9.17, 15) is 4.79 Å². The van der Waals surface area contributed by atoms with Crippen LogP contribution in [-0.4, -0.2) is 16.1 Å². The van der Waals surface area contributed by atoms with Gasteiger partial charge in [-0.2, -0.15) is 0 Å². The Morgan fingerprint density at radius 2 is 1.82 bits per heavy atom. The molecule has 17 heavy (non-hydrogen) atoms. The average molecular weight is 247 g/mol. The lowest BCUT2D eigenvalue weighted by Crippen LogP contribution is -1.97. The highest BCUT2D eigenvalue weighted by Crippen LogP contribution is 2.30. The lowest BCUT2D eigenvalue weighted by Gasteiger charge is -2.08. The van der Waals surface area contributed by atoms with Gasteiger partial charge in [-0.05, 0) is 43.5 Å². The van der Waals surface area contributed by atoms with Crippen LogP contribution in [0.15, 0.2) is 17.6 Å². The first-order valence-electron chi connectivity index (χ1n) is 5.25. The van der Waals surface area contributed by atoms with E-state index >= 15 is 0 Å². The van der Waals surface area contributed by atoms with Crippen molar-refractivity contribution in [1.29, 1.82) is 0 Å². The molecule has 2 aromatic rings. The Labute approximate surface area is 104 Å². The van der Waals surface area contributed by atoms with Crippen molar-refractivity contribution in [3.63, 3.8) is 0 Å². The topological polar surface area (TPSA) is 50.2 Å². The van der Waals surface area contributed by atoms with E-state index in [1.54, 1.807) is 5.51 Å². The predicted molar refractivity (Wildman–Crippen MR) is 68.7 cm³/mol.